The molecule has 1 unspecified atom stereocenters. The highest BCUT2D eigenvalue weighted by Gasteiger charge is 2.39. The highest BCUT2D eigenvalue weighted by molar-refractivity contribution is 4.93. The third-order valence-corrected chi connectivity index (χ3v) is 3.59. The first-order valence-corrected chi connectivity index (χ1v) is 5.06. The Morgan fingerprint density at radius 3 is 2.83 bits per heavy atom. The Balaban J connectivity index is 2.07. The Morgan fingerprint density at radius 1 is 1.25 bits per heavy atom. The van der Waals surface area contributed by atoms with Crippen molar-refractivity contribution in [2.24, 2.45) is 5.92 Å². The molecule has 1 heterocycles. The fraction of sp³-hybridized carbons (Fsp3) is 1.00. The molecule has 2 rings (SSSR count). The molecule has 0 aromatic heterocycles. The summed E-state index contributed by atoms with van der Waals surface area (Å²) >= 11 is 0. The van der Waals surface area contributed by atoms with E-state index in [0.29, 0.717) is 6.10 Å². The van der Waals surface area contributed by atoms with E-state index in [1.807, 2.05) is 7.11 Å². The fourth-order valence-corrected chi connectivity index (χ4v) is 2.96. The Bertz CT molecular complexity index is 158. The van der Waals surface area contributed by atoms with E-state index in [9.17, 15) is 0 Å². The quantitative estimate of drug-likeness (QED) is 0.590. The Labute approximate surface area is 74.9 Å². The Hall–Kier alpha value is -0.0800. The molecule has 0 aromatic carbocycles. The van der Waals surface area contributed by atoms with E-state index in [-0.39, 0.29) is 0 Å². The molecule has 0 amide bonds. The lowest BCUT2D eigenvalue weighted by Crippen LogP contribution is -2.43. The zero-order valence-corrected chi connectivity index (χ0v) is 8.12. The number of methoxy groups -OCH3 is 1. The molecule has 3 atom stereocenters. The molecular formula is C10H19NO. The number of rotatable bonds is 1. The topological polar surface area (TPSA) is 12.5 Å². The van der Waals surface area contributed by atoms with Crippen LogP contribution in [0.15, 0.2) is 0 Å². The Morgan fingerprint density at radius 2 is 2.08 bits per heavy atom. The first-order chi connectivity index (χ1) is 5.83. The minimum absolute atomic E-state index is 0.510. The fourth-order valence-electron chi connectivity index (χ4n) is 2.96. The van der Waals surface area contributed by atoms with E-state index in [4.69, 9.17) is 4.74 Å². The molecule has 1 aliphatic heterocycles. The van der Waals surface area contributed by atoms with Crippen molar-refractivity contribution in [2.75, 3.05) is 20.7 Å². The number of hydrogen-bond donors (Lipinski definition) is 0. The summed E-state index contributed by atoms with van der Waals surface area (Å²) in [7, 11) is 4.10. The number of fused-ring (bicyclic) bond motifs is 1. The summed E-state index contributed by atoms with van der Waals surface area (Å²) in [5.41, 5.74) is 0. The summed E-state index contributed by atoms with van der Waals surface area (Å²) < 4.78 is 5.53. The van der Waals surface area contributed by atoms with Gasteiger partial charge >= 0.3 is 0 Å². The van der Waals surface area contributed by atoms with Crippen LogP contribution in [0.1, 0.15) is 25.7 Å². The molecule has 2 fully saturated rings. The van der Waals surface area contributed by atoms with Crippen LogP contribution in [0.5, 0.6) is 0 Å². The van der Waals surface area contributed by atoms with Crippen molar-refractivity contribution in [3.8, 4) is 0 Å². The van der Waals surface area contributed by atoms with Crippen molar-refractivity contribution in [1.82, 2.24) is 4.90 Å². The summed E-state index contributed by atoms with van der Waals surface area (Å²) in [5, 5.41) is 0. The van der Waals surface area contributed by atoms with Gasteiger partial charge in [0.1, 0.15) is 0 Å². The van der Waals surface area contributed by atoms with Gasteiger partial charge in [0.2, 0.25) is 0 Å². The minimum Gasteiger partial charge on any atom is -0.380 e. The monoisotopic (exact) mass is 169 g/mol. The van der Waals surface area contributed by atoms with Crippen LogP contribution >= 0.6 is 0 Å². The van der Waals surface area contributed by atoms with Crippen molar-refractivity contribution in [3.05, 3.63) is 0 Å². The molecule has 0 aromatic rings. The summed E-state index contributed by atoms with van der Waals surface area (Å²) in [6, 6.07) is 0.726. The minimum atomic E-state index is 0.510. The third kappa shape index (κ3) is 1.27. The van der Waals surface area contributed by atoms with Crippen molar-refractivity contribution in [1.29, 1.82) is 0 Å². The second-order valence-electron chi connectivity index (χ2n) is 4.23. The highest BCUT2D eigenvalue weighted by Crippen LogP contribution is 2.36. The molecule has 1 saturated carbocycles. The van der Waals surface area contributed by atoms with Gasteiger partial charge in [-0.3, -0.25) is 0 Å². The zero-order valence-electron chi connectivity index (χ0n) is 8.12. The average Bonchev–Trinajstić information content (AvgIpc) is 2.48. The molecule has 1 aliphatic carbocycles. The highest BCUT2D eigenvalue weighted by atomic mass is 16.5. The molecule has 0 spiro atoms. The summed E-state index contributed by atoms with van der Waals surface area (Å²) in [4.78, 5) is 2.48. The molecule has 70 valence electrons. The lowest BCUT2D eigenvalue weighted by molar-refractivity contribution is -0.00150. The second kappa shape index (κ2) is 3.35. The molecule has 1 saturated heterocycles. The van der Waals surface area contributed by atoms with Gasteiger partial charge in [0, 0.05) is 13.2 Å². The van der Waals surface area contributed by atoms with Gasteiger partial charge in [0.15, 0.2) is 0 Å². The van der Waals surface area contributed by atoms with Crippen molar-refractivity contribution < 1.29 is 4.74 Å². The van der Waals surface area contributed by atoms with Crippen molar-refractivity contribution in [2.45, 2.75) is 37.8 Å². The molecule has 0 N–H and O–H groups in total. The summed E-state index contributed by atoms with van der Waals surface area (Å²) in [5.74, 6) is 0.925. The van der Waals surface area contributed by atoms with Gasteiger partial charge in [0.25, 0.3) is 0 Å². The van der Waals surface area contributed by atoms with E-state index in [1.165, 1.54) is 32.2 Å². The predicted octanol–water partition coefficient (Wildman–Crippen LogP) is 1.51. The smallest absolute Gasteiger partial charge is 0.0729 e. The molecule has 2 aliphatic rings. The second-order valence-corrected chi connectivity index (χ2v) is 4.23. The maximum Gasteiger partial charge on any atom is 0.0729 e. The molecule has 2 heteroatoms. The van der Waals surface area contributed by atoms with Crippen LogP contribution < -0.4 is 0 Å². The normalized spacial score (nSPS) is 43.0. The van der Waals surface area contributed by atoms with Gasteiger partial charge in [-0.1, -0.05) is 6.42 Å². The van der Waals surface area contributed by atoms with Gasteiger partial charge < -0.3 is 9.64 Å². The largest absolute Gasteiger partial charge is 0.380 e. The zero-order chi connectivity index (χ0) is 8.55. The predicted molar refractivity (Wildman–Crippen MR) is 49.2 cm³/mol. The van der Waals surface area contributed by atoms with Crippen LogP contribution in [0, 0.1) is 5.92 Å². The molecule has 2 nitrogen and oxygen atoms in total. The van der Waals surface area contributed by atoms with Crippen LogP contribution in [-0.4, -0.2) is 37.7 Å². The first-order valence-electron chi connectivity index (χ1n) is 5.06. The molecular weight excluding hydrogens is 150 g/mol. The van der Waals surface area contributed by atoms with Crippen LogP contribution in [0.4, 0.5) is 0 Å². The standard InChI is InChI=1S/C10H19NO/c1-11-7-6-8-4-3-5-9(12-2)10(8)11/h8-10H,3-7H2,1-2H3/t8-,9?,10+/m0/s1. The van der Waals surface area contributed by atoms with Crippen LogP contribution in [0.25, 0.3) is 0 Å². The molecule has 12 heavy (non-hydrogen) atoms. The summed E-state index contributed by atoms with van der Waals surface area (Å²) in [6.45, 7) is 1.27. The maximum atomic E-state index is 5.53. The lowest BCUT2D eigenvalue weighted by atomic mass is 9.83. The summed E-state index contributed by atoms with van der Waals surface area (Å²) in [6.07, 6.45) is 5.96. The van der Waals surface area contributed by atoms with E-state index < -0.39 is 0 Å². The molecule has 0 radical (unpaired) electrons. The third-order valence-electron chi connectivity index (χ3n) is 3.59. The number of likely N-dealkylation sites (tertiary alicyclic amines) is 1. The van der Waals surface area contributed by atoms with Gasteiger partial charge in [-0.05, 0) is 38.8 Å². The van der Waals surface area contributed by atoms with Gasteiger partial charge in [-0.25, -0.2) is 0 Å². The number of hydrogen-bond acceptors (Lipinski definition) is 2. The van der Waals surface area contributed by atoms with Crippen molar-refractivity contribution >= 4 is 0 Å². The van der Waals surface area contributed by atoms with E-state index in [0.717, 1.165) is 12.0 Å². The van der Waals surface area contributed by atoms with Crippen LogP contribution in [0.3, 0.4) is 0 Å². The van der Waals surface area contributed by atoms with Crippen molar-refractivity contribution in [3.63, 3.8) is 0 Å². The lowest BCUT2D eigenvalue weighted by Gasteiger charge is -2.36. The number of ether oxygens (including phenoxy) is 1. The average molecular weight is 169 g/mol. The Kier molecular flexibility index (Phi) is 2.37. The van der Waals surface area contributed by atoms with E-state index in [1.54, 1.807) is 0 Å². The van der Waals surface area contributed by atoms with Gasteiger partial charge in [-0.2, -0.15) is 0 Å². The van der Waals surface area contributed by atoms with E-state index >= 15 is 0 Å². The van der Waals surface area contributed by atoms with Gasteiger partial charge in [-0.15, -0.1) is 0 Å². The van der Waals surface area contributed by atoms with Crippen LogP contribution in [0.2, 0.25) is 0 Å². The maximum absolute atomic E-state index is 5.53. The number of likely N-dealkylation sites (N-methyl/N-ethyl adjacent to an activating group) is 1. The SMILES string of the molecule is COC1CCC[C@H]2CCN(C)[C@@H]12. The molecule has 0 bridgehead atoms. The van der Waals surface area contributed by atoms with Crippen LogP contribution in [-0.2, 0) is 4.74 Å². The van der Waals surface area contributed by atoms with Gasteiger partial charge in [0.05, 0.1) is 6.10 Å². The van der Waals surface area contributed by atoms with E-state index in [2.05, 4.69) is 11.9 Å². The first kappa shape index (κ1) is 8.52. The number of nitrogens with zero attached hydrogens (tertiary/aromatic N) is 1.